The second kappa shape index (κ2) is 7.77. The highest BCUT2D eigenvalue weighted by molar-refractivity contribution is 7.98. The normalized spacial score (nSPS) is 13.2. The van der Waals surface area contributed by atoms with Crippen molar-refractivity contribution >= 4 is 17.7 Å². The molecule has 132 valence electrons. The molecule has 0 radical (unpaired) electrons. The molecule has 3 rings (SSSR count). The highest BCUT2D eigenvalue weighted by atomic mass is 32.2. The summed E-state index contributed by atoms with van der Waals surface area (Å²) in [5, 5.41) is 20.6. The van der Waals surface area contributed by atoms with Crippen LogP contribution < -0.4 is 0 Å². The molecule has 0 saturated carbocycles. The van der Waals surface area contributed by atoms with Crippen LogP contribution in [0.15, 0.2) is 83.8 Å². The van der Waals surface area contributed by atoms with Crippen molar-refractivity contribution in [1.29, 1.82) is 0 Å². The van der Waals surface area contributed by atoms with Gasteiger partial charge in [0.15, 0.2) is 0 Å². The molecule has 3 nitrogen and oxygen atoms in total. The van der Waals surface area contributed by atoms with Crippen LogP contribution in [-0.4, -0.2) is 22.4 Å². The molecule has 0 amide bonds. The molecule has 3 aromatic carbocycles. The third-order valence-electron chi connectivity index (χ3n) is 4.44. The lowest BCUT2D eigenvalue weighted by Gasteiger charge is -2.28. The number of carboxylic acid groups (broad SMARTS) is 1. The van der Waals surface area contributed by atoms with Crippen LogP contribution in [0.5, 0.6) is 0 Å². The predicted octanol–water partition coefficient (Wildman–Crippen LogP) is 4.79. The first kappa shape index (κ1) is 18.2. The fraction of sp³-hybridized carbons (Fsp3) is 0.136. The Labute approximate surface area is 157 Å². The highest BCUT2D eigenvalue weighted by Gasteiger charge is 2.34. The molecule has 0 saturated heterocycles. The van der Waals surface area contributed by atoms with Gasteiger partial charge in [0.25, 0.3) is 0 Å². The smallest absolute Gasteiger partial charge is 0.306 e. The van der Waals surface area contributed by atoms with Gasteiger partial charge in [0, 0.05) is 4.90 Å². The van der Waals surface area contributed by atoms with Gasteiger partial charge in [-0.3, -0.25) is 4.79 Å². The molecule has 0 aliphatic carbocycles. The number of aliphatic carboxylic acids is 1. The van der Waals surface area contributed by atoms with E-state index in [1.54, 1.807) is 36.0 Å². The van der Waals surface area contributed by atoms with Crippen molar-refractivity contribution in [3.05, 3.63) is 90.0 Å². The summed E-state index contributed by atoms with van der Waals surface area (Å²) in [6, 6.07) is 24.7. The summed E-state index contributed by atoms with van der Waals surface area (Å²) >= 11 is 1.60. The van der Waals surface area contributed by atoms with Crippen LogP contribution in [-0.2, 0) is 10.4 Å². The Bertz CT molecular complexity index is 874. The molecule has 0 aliphatic heterocycles. The van der Waals surface area contributed by atoms with Gasteiger partial charge >= 0.3 is 5.97 Å². The SMILES string of the molecule is CSc1ccc([C@@](O)(CC(=O)O)c2ccc(-c3ccccc3)cc2)cc1. The predicted molar refractivity (Wildman–Crippen MR) is 105 cm³/mol. The van der Waals surface area contributed by atoms with E-state index in [2.05, 4.69) is 0 Å². The van der Waals surface area contributed by atoms with Gasteiger partial charge in [-0.05, 0) is 40.6 Å². The summed E-state index contributed by atoms with van der Waals surface area (Å²) in [4.78, 5) is 12.5. The van der Waals surface area contributed by atoms with E-state index in [0.29, 0.717) is 11.1 Å². The molecular formula is C22H20O3S. The Morgan fingerprint density at radius 3 is 1.85 bits per heavy atom. The number of rotatable bonds is 6. The van der Waals surface area contributed by atoms with Crippen LogP contribution >= 0.6 is 11.8 Å². The molecule has 2 N–H and O–H groups in total. The van der Waals surface area contributed by atoms with Crippen LogP contribution in [0.4, 0.5) is 0 Å². The zero-order valence-electron chi connectivity index (χ0n) is 14.4. The fourth-order valence-corrected chi connectivity index (χ4v) is 3.43. The van der Waals surface area contributed by atoms with Gasteiger partial charge in [-0.2, -0.15) is 0 Å². The van der Waals surface area contributed by atoms with E-state index in [0.717, 1.165) is 16.0 Å². The Hall–Kier alpha value is -2.56. The van der Waals surface area contributed by atoms with Gasteiger partial charge in [-0.25, -0.2) is 0 Å². The summed E-state index contributed by atoms with van der Waals surface area (Å²) in [6.07, 6.45) is 1.58. The maximum atomic E-state index is 11.4. The third-order valence-corrected chi connectivity index (χ3v) is 5.19. The number of benzene rings is 3. The van der Waals surface area contributed by atoms with Crippen LogP contribution in [0.2, 0.25) is 0 Å². The number of carboxylic acids is 1. The van der Waals surface area contributed by atoms with Crippen molar-refractivity contribution in [2.45, 2.75) is 16.9 Å². The zero-order chi connectivity index (χ0) is 18.6. The lowest BCUT2D eigenvalue weighted by atomic mass is 9.83. The standard InChI is InChI=1S/C22H20O3S/c1-26-20-13-11-19(12-14-20)22(25,15-21(23)24)18-9-7-17(8-10-18)16-5-3-2-4-6-16/h2-14,25H,15H2,1H3,(H,23,24)/t22-/m1/s1. The second-order valence-corrected chi connectivity index (χ2v) is 6.98. The Morgan fingerprint density at radius 2 is 1.35 bits per heavy atom. The van der Waals surface area contributed by atoms with Gasteiger partial charge in [0.05, 0.1) is 6.42 Å². The maximum absolute atomic E-state index is 11.4. The van der Waals surface area contributed by atoms with E-state index in [4.69, 9.17) is 0 Å². The zero-order valence-corrected chi connectivity index (χ0v) is 15.2. The lowest BCUT2D eigenvalue weighted by Crippen LogP contribution is -2.30. The number of carbonyl (C=O) groups is 1. The Morgan fingerprint density at radius 1 is 0.846 bits per heavy atom. The first-order valence-electron chi connectivity index (χ1n) is 8.27. The average Bonchev–Trinajstić information content (AvgIpc) is 2.68. The molecule has 0 heterocycles. The van der Waals surface area contributed by atoms with E-state index in [9.17, 15) is 15.0 Å². The summed E-state index contributed by atoms with van der Waals surface area (Å²) in [5.74, 6) is -1.05. The van der Waals surface area contributed by atoms with Crippen molar-refractivity contribution in [1.82, 2.24) is 0 Å². The minimum atomic E-state index is -1.57. The molecule has 1 atom stereocenters. The average molecular weight is 364 g/mol. The van der Waals surface area contributed by atoms with Crippen LogP contribution in [0.1, 0.15) is 17.5 Å². The highest BCUT2D eigenvalue weighted by Crippen LogP contribution is 2.35. The first-order chi connectivity index (χ1) is 12.5. The van der Waals surface area contributed by atoms with E-state index in [1.165, 1.54) is 0 Å². The van der Waals surface area contributed by atoms with E-state index < -0.39 is 18.0 Å². The number of thioether (sulfide) groups is 1. The van der Waals surface area contributed by atoms with Crippen LogP contribution in [0.25, 0.3) is 11.1 Å². The summed E-state index contributed by atoms with van der Waals surface area (Å²) in [7, 11) is 0. The molecular weight excluding hydrogens is 344 g/mol. The van der Waals surface area contributed by atoms with Gasteiger partial charge in [-0.15, -0.1) is 11.8 Å². The van der Waals surface area contributed by atoms with Crippen molar-refractivity contribution < 1.29 is 15.0 Å². The minimum absolute atomic E-state index is 0.393. The quantitative estimate of drug-likeness (QED) is 0.618. The number of hydrogen-bond acceptors (Lipinski definition) is 3. The number of aliphatic hydroxyl groups is 1. The molecule has 0 spiro atoms. The maximum Gasteiger partial charge on any atom is 0.306 e. The third kappa shape index (κ3) is 3.82. The van der Waals surface area contributed by atoms with E-state index in [-0.39, 0.29) is 0 Å². The Kier molecular flexibility index (Phi) is 5.45. The molecule has 3 aromatic rings. The van der Waals surface area contributed by atoms with Gasteiger partial charge in [0.2, 0.25) is 0 Å². The molecule has 4 heteroatoms. The summed E-state index contributed by atoms with van der Waals surface area (Å²) < 4.78 is 0. The van der Waals surface area contributed by atoms with Gasteiger partial charge < -0.3 is 10.2 Å². The minimum Gasteiger partial charge on any atom is -0.481 e. The molecule has 26 heavy (non-hydrogen) atoms. The van der Waals surface area contributed by atoms with Gasteiger partial charge in [0.1, 0.15) is 5.60 Å². The summed E-state index contributed by atoms with van der Waals surface area (Å²) in [5.41, 5.74) is 1.66. The van der Waals surface area contributed by atoms with Crippen LogP contribution in [0, 0.1) is 0 Å². The molecule has 0 aromatic heterocycles. The topological polar surface area (TPSA) is 57.5 Å². The van der Waals surface area contributed by atoms with Crippen molar-refractivity contribution in [2.75, 3.05) is 6.26 Å². The van der Waals surface area contributed by atoms with Gasteiger partial charge in [-0.1, -0.05) is 66.7 Å². The largest absolute Gasteiger partial charge is 0.481 e. The summed E-state index contributed by atoms with van der Waals surface area (Å²) in [6.45, 7) is 0. The number of hydrogen-bond donors (Lipinski definition) is 2. The van der Waals surface area contributed by atoms with Crippen molar-refractivity contribution in [2.24, 2.45) is 0 Å². The van der Waals surface area contributed by atoms with Crippen LogP contribution in [0.3, 0.4) is 0 Å². The molecule has 0 aliphatic rings. The second-order valence-electron chi connectivity index (χ2n) is 6.10. The molecule has 0 fully saturated rings. The van der Waals surface area contributed by atoms with Crippen molar-refractivity contribution in [3.63, 3.8) is 0 Å². The molecule has 0 unspecified atom stereocenters. The lowest BCUT2D eigenvalue weighted by molar-refractivity contribution is -0.141. The monoisotopic (exact) mass is 364 g/mol. The van der Waals surface area contributed by atoms with E-state index in [1.807, 2.05) is 60.9 Å². The van der Waals surface area contributed by atoms with E-state index >= 15 is 0 Å². The Balaban J connectivity index is 2.00. The molecule has 0 bridgehead atoms. The first-order valence-corrected chi connectivity index (χ1v) is 9.50. The fourth-order valence-electron chi connectivity index (χ4n) is 3.03. The van der Waals surface area contributed by atoms with Crippen molar-refractivity contribution in [3.8, 4) is 11.1 Å².